The van der Waals surface area contributed by atoms with Crippen molar-refractivity contribution in [1.29, 1.82) is 5.26 Å². The molecule has 0 aliphatic rings. The Bertz CT molecular complexity index is 2990. The Hall–Kier alpha value is -7.67. The third kappa shape index (κ3) is 5.97. The van der Waals surface area contributed by atoms with Gasteiger partial charge in [0.15, 0.2) is 0 Å². The molecular formula is C53H35N3. The molecule has 56 heavy (non-hydrogen) atoms. The zero-order chi connectivity index (χ0) is 37.4. The number of hydrogen-bond donors (Lipinski definition) is 0. The van der Waals surface area contributed by atoms with Crippen LogP contribution in [0.25, 0.3) is 71.6 Å². The minimum Gasteiger partial charge on any atom is -0.311 e. The monoisotopic (exact) mass is 713 g/mol. The van der Waals surface area contributed by atoms with Crippen molar-refractivity contribution in [2.75, 3.05) is 4.90 Å². The highest BCUT2D eigenvalue weighted by Crippen LogP contribution is 2.39. The van der Waals surface area contributed by atoms with Crippen LogP contribution in [0.2, 0.25) is 0 Å². The minimum absolute atomic E-state index is 0.658. The van der Waals surface area contributed by atoms with Crippen LogP contribution in [0.1, 0.15) is 5.56 Å². The number of para-hydroxylation sites is 2. The van der Waals surface area contributed by atoms with E-state index in [9.17, 15) is 5.26 Å². The number of nitrogens with zero attached hydrogens (tertiary/aromatic N) is 3. The van der Waals surface area contributed by atoms with Crippen molar-refractivity contribution in [3.8, 4) is 45.1 Å². The molecule has 0 radical (unpaired) electrons. The SMILES string of the molecule is N#Cc1ccc(-c2ccc(N(c3ccc(-c4ccc5cc(-c6ccccc6)ccc5c4)cc3)c3ccc(-n4c5ccccc5c5ccccc54)cc3)cc2)cc1. The van der Waals surface area contributed by atoms with Crippen LogP contribution < -0.4 is 4.90 Å². The number of fused-ring (bicyclic) bond motifs is 4. The Balaban J connectivity index is 1.02. The summed E-state index contributed by atoms with van der Waals surface area (Å²) in [5.41, 5.74) is 14.3. The molecule has 0 saturated heterocycles. The molecule has 0 aliphatic carbocycles. The molecule has 0 spiro atoms. The third-order valence-corrected chi connectivity index (χ3v) is 10.8. The zero-order valence-electron chi connectivity index (χ0n) is 30.5. The Labute approximate surface area is 326 Å². The van der Waals surface area contributed by atoms with Gasteiger partial charge in [-0.1, -0.05) is 127 Å². The van der Waals surface area contributed by atoms with E-state index in [0.717, 1.165) is 33.9 Å². The summed E-state index contributed by atoms with van der Waals surface area (Å²) in [6.45, 7) is 0. The van der Waals surface area contributed by atoms with E-state index in [1.807, 2.05) is 24.3 Å². The maximum absolute atomic E-state index is 9.29. The Kier molecular flexibility index (Phi) is 8.21. The molecule has 0 saturated carbocycles. The van der Waals surface area contributed by atoms with Crippen molar-refractivity contribution in [2.24, 2.45) is 0 Å². The topological polar surface area (TPSA) is 32.0 Å². The molecule has 0 aliphatic heterocycles. The molecule has 10 aromatic rings. The van der Waals surface area contributed by atoms with Gasteiger partial charge in [-0.25, -0.2) is 0 Å². The lowest BCUT2D eigenvalue weighted by molar-refractivity contribution is 1.17. The lowest BCUT2D eigenvalue weighted by Crippen LogP contribution is -2.10. The molecule has 0 N–H and O–H groups in total. The van der Waals surface area contributed by atoms with Crippen LogP contribution in [0.4, 0.5) is 17.1 Å². The van der Waals surface area contributed by atoms with Crippen molar-refractivity contribution in [2.45, 2.75) is 0 Å². The fraction of sp³-hybridized carbons (Fsp3) is 0. The van der Waals surface area contributed by atoms with Crippen LogP contribution in [0, 0.1) is 11.3 Å². The van der Waals surface area contributed by atoms with E-state index in [1.54, 1.807) is 0 Å². The average molecular weight is 714 g/mol. The smallest absolute Gasteiger partial charge is 0.0991 e. The number of rotatable bonds is 7. The standard InChI is InChI=1S/C53H35N3/c54-36-37-14-16-39(17-15-37)40-22-26-46(27-23-40)55(48-30-32-49(33-31-48)56-52-12-6-4-10-50(52)51-11-5-7-13-53(51)56)47-28-24-41(25-29-47)43-19-21-44-34-42(18-20-45(44)35-43)38-8-2-1-3-9-38/h1-35H. The van der Waals surface area contributed by atoms with Gasteiger partial charge in [-0.05, 0) is 129 Å². The van der Waals surface area contributed by atoms with E-state index < -0.39 is 0 Å². The van der Waals surface area contributed by atoms with Crippen molar-refractivity contribution < 1.29 is 0 Å². The highest BCUT2D eigenvalue weighted by molar-refractivity contribution is 6.09. The van der Waals surface area contributed by atoms with Gasteiger partial charge < -0.3 is 9.47 Å². The fourth-order valence-corrected chi connectivity index (χ4v) is 7.98. The molecule has 0 atom stereocenters. The number of anilines is 3. The molecule has 10 rings (SSSR count). The third-order valence-electron chi connectivity index (χ3n) is 10.8. The predicted octanol–water partition coefficient (Wildman–Crippen LogP) is 14.3. The first kappa shape index (κ1) is 32.9. The molecule has 0 unspecified atom stereocenters. The molecule has 1 aromatic heterocycles. The van der Waals surface area contributed by atoms with Crippen LogP contribution in [0.3, 0.4) is 0 Å². The first-order valence-electron chi connectivity index (χ1n) is 18.9. The lowest BCUT2D eigenvalue weighted by Gasteiger charge is -2.26. The Morgan fingerprint density at radius 2 is 0.750 bits per heavy atom. The summed E-state index contributed by atoms with van der Waals surface area (Å²) in [5.74, 6) is 0. The average Bonchev–Trinajstić information content (AvgIpc) is 3.61. The zero-order valence-corrected chi connectivity index (χ0v) is 30.5. The molecule has 0 amide bonds. The van der Waals surface area contributed by atoms with E-state index in [0.29, 0.717) is 5.56 Å². The van der Waals surface area contributed by atoms with Gasteiger partial charge in [0.05, 0.1) is 22.7 Å². The van der Waals surface area contributed by atoms with Crippen molar-refractivity contribution >= 4 is 49.6 Å². The van der Waals surface area contributed by atoms with Gasteiger partial charge in [0, 0.05) is 33.5 Å². The summed E-state index contributed by atoms with van der Waals surface area (Å²) in [7, 11) is 0. The van der Waals surface area contributed by atoms with Crippen LogP contribution in [-0.4, -0.2) is 4.57 Å². The molecule has 0 fully saturated rings. The van der Waals surface area contributed by atoms with Crippen LogP contribution in [-0.2, 0) is 0 Å². The van der Waals surface area contributed by atoms with Gasteiger partial charge in [0.2, 0.25) is 0 Å². The lowest BCUT2D eigenvalue weighted by atomic mass is 9.97. The Morgan fingerprint density at radius 3 is 1.25 bits per heavy atom. The van der Waals surface area contributed by atoms with E-state index in [2.05, 4.69) is 204 Å². The van der Waals surface area contributed by atoms with E-state index in [4.69, 9.17) is 0 Å². The summed E-state index contributed by atoms with van der Waals surface area (Å²) >= 11 is 0. The number of hydrogen-bond acceptors (Lipinski definition) is 2. The van der Waals surface area contributed by atoms with E-state index >= 15 is 0 Å². The van der Waals surface area contributed by atoms with Crippen molar-refractivity contribution in [3.05, 3.63) is 218 Å². The second-order valence-corrected chi connectivity index (χ2v) is 14.1. The van der Waals surface area contributed by atoms with Gasteiger partial charge in [-0.2, -0.15) is 5.26 Å². The predicted molar refractivity (Wildman–Crippen MR) is 234 cm³/mol. The molecule has 0 bridgehead atoms. The summed E-state index contributed by atoms with van der Waals surface area (Å²) < 4.78 is 2.35. The number of benzene rings is 9. The summed E-state index contributed by atoms with van der Waals surface area (Å²) in [5, 5.41) is 14.2. The van der Waals surface area contributed by atoms with Crippen molar-refractivity contribution in [3.63, 3.8) is 0 Å². The van der Waals surface area contributed by atoms with Gasteiger partial charge in [-0.3, -0.25) is 0 Å². The quantitative estimate of drug-likeness (QED) is 0.165. The van der Waals surface area contributed by atoms with Gasteiger partial charge in [0.25, 0.3) is 0 Å². The molecule has 3 nitrogen and oxygen atoms in total. The van der Waals surface area contributed by atoms with Gasteiger partial charge in [-0.15, -0.1) is 0 Å². The second-order valence-electron chi connectivity index (χ2n) is 14.1. The van der Waals surface area contributed by atoms with Gasteiger partial charge in [0.1, 0.15) is 0 Å². The number of nitriles is 1. The van der Waals surface area contributed by atoms with Gasteiger partial charge >= 0.3 is 0 Å². The molecule has 9 aromatic carbocycles. The van der Waals surface area contributed by atoms with Crippen molar-refractivity contribution in [1.82, 2.24) is 4.57 Å². The molecule has 1 heterocycles. The molecule has 262 valence electrons. The van der Waals surface area contributed by atoms with E-state index in [1.165, 1.54) is 54.8 Å². The summed E-state index contributed by atoms with van der Waals surface area (Å²) in [6.07, 6.45) is 0. The fourth-order valence-electron chi connectivity index (χ4n) is 7.98. The highest BCUT2D eigenvalue weighted by Gasteiger charge is 2.16. The molecular weight excluding hydrogens is 679 g/mol. The highest BCUT2D eigenvalue weighted by atomic mass is 15.1. The second kappa shape index (κ2) is 14.0. The Morgan fingerprint density at radius 1 is 0.357 bits per heavy atom. The largest absolute Gasteiger partial charge is 0.311 e. The molecule has 3 heteroatoms. The minimum atomic E-state index is 0.658. The summed E-state index contributed by atoms with van der Waals surface area (Å²) in [6, 6.07) is 77.6. The van der Waals surface area contributed by atoms with Crippen LogP contribution >= 0.6 is 0 Å². The maximum Gasteiger partial charge on any atom is 0.0991 e. The van der Waals surface area contributed by atoms with E-state index in [-0.39, 0.29) is 0 Å². The maximum atomic E-state index is 9.29. The van der Waals surface area contributed by atoms with Crippen LogP contribution in [0.15, 0.2) is 212 Å². The summed E-state index contributed by atoms with van der Waals surface area (Å²) in [4.78, 5) is 2.31. The number of aromatic nitrogens is 1. The first-order chi connectivity index (χ1) is 27.7. The van der Waals surface area contributed by atoms with Crippen LogP contribution in [0.5, 0.6) is 0 Å². The first-order valence-corrected chi connectivity index (χ1v) is 18.9. The normalized spacial score (nSPS) is 11.2.